The smallest absolute Gasteiger partial charge is 0.146 e. The molecule has 0 amide bonds. The van der Waals surface area contributed by atoms with Crippen molar-refractivity contribution in [3.05, 3.63) is 11.1 Å². The standard InChI is InChI=1S/C8H13NO/c1-2-7-5-9-4-3-8(7)6-10/h6,9H,2-5H2,1H3. The van der Waals surface area contributed by atoms with Gasteiger partial charge in [0, 0.05) is 6.54 Å². The predicted octanol–water partition coefficient (Wildman–Crippen LogP) is 0.885. The lowest BCUT2D eigenvalue weighted by atomic mass is 10.0. The van der Waals surface area contributed by atoms with E-state index in [-0.39, 0.29) is 0 Å². The van der Waals surface area contributed by atoms with Crippen LogP contribution in [0.5, 0.6) is 0 Å². The molecule has 0 radical (unpaired) electrons. The van der Waals surface area contributed by atoms with Crippen LogP contribution in [-0.2, 0) is 4.79 Å². The number of aldehydes is 1. The number of hydrogen-bond acceptors (Lipinski definition) is 2. The maximum Gasteiger partial charge on any atom is 0.146 e. The first-order chi connectivity index (χ1) is 4.88. The van der Waals surface area contributed by atoms with E-state index in [9.17, 15) is 4.79 Å². The average molecular weight is 139 g/mol. The molecule has 0 bridgehead atoms. The van der Waals surface area contributed by atoms with Gasteiger partial charge in [0.25, 0.3) is 0 Å². The Morgan fingerprint density at radius 1 is 1.70 bits per heavy atom. The van der Waals surface area contributed by atoms with Crippen LogP contribution in [0.15, 0.2) is 11.1 Å². The van der Waals surface area contributed by atoms with Gasteiger partial charge in [-0.3, -0.25) is 4.79 Å². The van der Waals surface area contributed by atoms with Crippen molar-refractivity contribution in [2.45, 2.75) is 19.8 Å². The van der Waals surface area contributed by atoms with Gasteiger partial charge in [-0.2, -0.15) is 0 Å². The summed E-state index contributed by atoms with van der Waals surface area (Å²) in [5, 5.41) is 3.23. The lowest BCUT2D eigenvalue weighted by Crippen LogP contribution is -2.25. The fourth-order valence-electron chi connectivity index (χ4n) is 1.25. The topological polar surface area (TPSA) is 29.1 Å². The highest BCUT2D eigenvalue weighted by atomic mass is 16.1. The molecule has 1 aliphatic rings. The minimum absolute atomic E-state index is 0.907. The normalized spacial score (nSPS) is 19.3. The van der Waals surface area contributed by atoms with E-state index >= 15 is 0 Å². The minimum Gasteiger partial charge on any atom is -0.313 e. The quantitative estimate of drug-likeness (QED) is 0.575. The van der Waals surface area contributed by atoms with Crippen LogP contribution < -0.4 is 5.32 Å². The average Bonchev–Trinajstić information content (AvgIpc) is 2.04. The molecule has 10 heavy (non-hydrogen) atoms. The maximum atomic E-state index is 10.4. The Morgan fingerprint density at radius 2 is 2.50 bits per heavy atom. The van der Waals surface area contributed by atoms with E-state index in [0.717, 1.165) is 37.8 Å². The van der Waals surface area contributed by atoms with Gasteiger partial charge in [-0.25, -0.2) is 0 Å². The Hall–Kier alpha value is -0.630. The SMILES string of the molecule is CCC1=C(C=O)CCNC1. The largest absolute Gasteiger partial charge is 0.313 e. The van der Waals surface area contributed by atoms with Gasteiger partial charge in [0.2, 0.25) is 0 Å². The molecule has 0 aromatic heterocycles. The van der Waals surface area contributed by atoms with Gasteiger partial charge in [0.1, 0.15) is 6.29 Å². The first-order valence-corrected chi connectivity index (χ1v) is 3.75. The van der Waals surface area contributed by atoms with Crippen LogP contribution in [0.3, 0.4) is 0 Å². The van der Waals surface area contributed by atoms with E-state index in [1.54, 1.807) is 0 Å². The van der Waals surface area contributed by atoms with E-state index in [1.165, 1.54) is 5.57 Å². The third-order valence-electron chi connectivity index (χ3n) is 1.93. The Bertz CT molecular complexity index is 161. The molecule has 1 rings (SSSR count). The highest BCUT2D eigenvalue weighted by molar-refractivity contribution is 5.75. The van der Waals surface area contributed by atoms with Crippen LogP contribution in [0.1, 0.15) is 19.8 Å². The fraction of sp³-hybridized carbons (Fsp3) is 0.625. The van der Waals surface area contributed by atoms with Crippen molar-refractivity contribution in [1.29, 1.82) is 0 Å². The second-order valence-corrected chi connectivity index (χ2v) is 2.53. The van der Waals surface area contributed by atoms with E-state index in [0.29, 0.717) is 0 Å². The molecular formula is C8H13NO. The third-order valence-corrected chi connectivity index (χ3v) is 1.93. The van der Waals surface area contributed by atoms with E-state index in [4.69, 9.17) is 0 Å². The van der Waals surface area contributed by atoms with Crippen molar-refractivity contribution in [3.8, 4) is 0 Å². The molecule has 1 N–H and O–H groups in total. The molecule has 0 aromatic rings. The Morgan fingerprint density at radius 3 is 3.00 bits per heavy atom. The molecule has 0 spiro atoms. The molecule has 0 aromatic carbocycles. The fourth-order valence-corrected chi connectivity index (χ4v) is 1.25. The zero-order valence-electron chi connectivity index (χ0n) is 6.31. The highest BCUT2D eigenvalue weighted by Gasteiger charge is 2.08. The van der Waals surface area contributed by atoms with Crippen molar-refractivity contribution in [2.24, 2.45) is 0 Å². The Balaban J connectivity index is 2.72. The van der Waals surface area contributed by atoms with Crippen molar-refractivity contribution < 1.29 is 4.79 Å². The molecule has 2 heteroatoms. The number of carbonyl (C=O) groups is 1. The number of hydrogen-bond donors (Lipinski definition) is 1. The van der Waals surface area contributed by atoms with E-state index < -0.39 is 0 Å². The zero-order chi connectivity index (χ0) is 7.40. The van der Waals surface area contributed by atoms with Crippen LogP contribution in [0.4, 0.5) is 0 Å². The van der Waals surface area contributed by atoms with Gasteiger partial charge in [0.15, 0.2) is 0 Å². The Kier molecular flexibility index (Phi) is 2.63. The molecule has 0 fully saturated rings. The van der Waals surface area contributed by atoms with Crippen molar-refractivity contribution in [1.82, 2.24) is 5.32 Å². The molecule has 0 unspecified atom stereocenters. The molecule has 2 nitrogen and oxygen atoms in total. The third kappa shape index (κ3) is 1.45. The van der Waals surface area contributed by atoms with Crippen molar-refractivity contribution in [3.63, 3.8) is 0 Å². The molecule has 0 saturated heterocycles. The molecule has 0 atom stereocenters. The first kappa shape index (κ1) is 7.48. The van der Waals surface area contributed by atoms with E-state index in [1.807, 2.05) is 0 Å². The van der Waals surface area contributed by atoms with Gasteiger partial charge >= 0.3 is 0 Å². The van der Waals surface area contributed by atoms with Crippen molar-refractivity contribution >= 4 is 6.29 Å². The summed E-state index contributed by atoms with van der Waals surface area (Å²) < 4.78 is 0. The molecular weight excluding hydrogens is 126 g/mol. The van der Waals surface area contributed by atoms with Gasteiger partial charge in [-0.05, 0) is 25.0 Å². The number of carbonyl (C=O) groups excluding carboxylic acids is 1. The molecule has 1 aliphatic heterocycles. The summed E-state index contributed by atoms with van der Waals surface area (Å²) >= 11 is 0. The minimum atomic E-state index is 0.907. The van der Waals surface area contributed by atoms with Gasteiger partial charge < -0.3 is 5.32 Å². The second-order valence-electron chi connectivity index (χ2n) is 2.53. The number of nitrogens with one attached hydrogen (secondary N) is 1. The van der Waals surface area contributed by atoms with Crippen molar-refractivity contribution in [2.75, 3.05) is 13.1 Å². The summed E-state index contributed by atoms with van der Waals surface area (Å²) in [7, 11) is 0. The second kappa shape index (κ2) is 3.52. The van der Waals surface area contributed by atoms with Crippen LogP contribution in [0.2, 0.25) is 0 Å². The van der Waals surface area contributed by atoms with Crippen LogP contribution in [0, 0.1) is 0 Å². The summed E-state index contributed by atoms with van der Waals surface area (Å²) in [5.74, 6) is 0. The monoisotopic (exact) mass is 139 g/mol. The van der Waals surface area contributed by atoms with Gasteiger partial charge in [0.05, 0.1) is 0 Å². The maximum absolute atomic E-state index is 10.4. The lowest BCUT2D eigenvalue weighted by molar-refractivity contribution is -0.105. The molecule has 1 heterocycles. The van der Waals surface area contributed by atoms with Gasteiger partial charge in [-0.15, -0.1) is 0 Å². The summed E-state index contributed by atoms with van der Waals surface area (Å²) in [4.78, 5) is 10.4. The predicted molar refractivity (Wildman–Crippen MR) is 40.9 cm³/mol. The summed E-state index contributed by atoms with van der Waals surface area (Å²) in [6.07, 6.45) is 2.91. The van der Waals surface area contributed by atoms with Crippen LogP contribution >= 0.6 is 0 Å². The summed E-state index contributed by atoms with van der Waals surface area (Å²) in [6, 6.07) is 0. The Labute approximate surface area is 61.3 Å². The molecule has 0 aliphatic carbocycles. The zero-order valence-corrected chi connectivity index (χ0v) is 6.31. The number of rotatable bonds is 2. The van der Waals surface area contributed by atoms with E-state index in [2.05, 4.69) is 12.2 Å². The lowest BCUT2D eigenvalue weighted by Gasteiger charge is -2.16. The van der Waals surface area contributed by atoms with Crippen LogP contribution in [0.25, 0.3) is 0 Å². The molecule has 0 saturated carbocycles. The first-order valence-electron chi connectivity index (χ1n) is 3.75. The molecule has 56 valence electrons. The summed E-state index contributed by atoms with van der Waals surface area (Å²) in [6.45, 7) is 3.95. The van der Waals surface area contributed by atoms with Gasteiger partial charge in [-0.1, -0.05) is 12.5 Å². The summed E-state index contributed by atoms with van der Waals surface area (Å²) in [5.41, 5.74) is 2.29. The highest BCUT2D eigenvalue weighted by Crippen LogP contribution is 2.12. The van der Waals surface area contributed by atoms with Crippen LogP contribution in [-0.4, -0.2) is 19.4 Å².